The van der Waals surface area contributed by atoms with Crippen molar-refractivity contribution in [2.75, 3.05) is 44.2 Å². The summed E-state index contributed by atoms with van der Waals surface area (Å²) in [5, 5.41) is 3.28. The highest BCUT2D eigenvalue weighted by atomic mass is 19.1. The Bertz CT molecular complexity index is 656. The van der Waals surface area contributed by atoms with Crippen LogP contribution < -0.4 is 15.0 Å². The number of piperidine rings is 1. The minimum Gasteiger partial charge on any atom is -0.486 e. The van der Waals surface area contributed by atoms with Gasteiger partial charge in [-0.15, -0.1) is 0 Å². The molecule has 2 aliphatic rings. The van der Waals surface area contributed by atoms with E-state index in [0.29, 0.717) is 24.5 Å². The fourth-order valence-corrected chi connectivity index (χ4v) is 3.49. The molecule has 1 aromatic carbocycles. The van der Waals surface area contributed by atoms with E-state index >= 15 is 0 Å². The van der Waals surface area contributed by atoms with Gasteiger partial charge in [-0.05, 0) is 45.7 Å². The molecular weight excluding hydrogens is 349 g/mol. The Hall–Kier alpha value is -2.02. The van der Waals surface area contributed by atoms with E-state index in [-0.39, 0.29) is 18.0 Å². The number of nitrogens with one attached hydrogen (secondary N) is 1. The van der Waals surface area contributed by atoms with Crippen LogP contribution in [0.1, 0.15) is 33.6 Å². The van der Waals surface area contributed by atoms with E-state index in [2.05, 4.69) is 5.32 Å². The molecule has 2 fully saturated rings. The fourth-order valence-electron chi connectivity index (χ4n) is 3.49. The van der Waals surface area contributed by atoms with Gasteiger partial charge in [-0.25, -0.2) is 9.18 Å². The molecule has 0 spiro atoms. The first-order valence-corrected chi connectivity index (χ1v) is 9.72. The molecule has 1 unspecified atom stereocenters. The third-order valence-corrected chi connectivity index (χ3v) is 4.71. The Morgan fingerprint density at radius 1 is 1.22 bits per heavy atom. The number of rotatable bonds is 3. The minimum atomic E-state index is -0.525. The van der Waals surface area contributed by atoms with E-state index in [1.54, 1.807) is 11.0 Å². The molecule has 0 saturated carbocycles. The van der Waals surface area contributed by atoms with Gasteiger partial charge >= 0.3 is 6.09 Å². The number of carbonyl (C=O) groups excluding carboxylic acids is 1. The molecule has 6 nitrogen and oxygen atoms in total. The van der Waals surface area contributed by atoms with Crippen molar-refractivity contribution >= 4 is 11.8 Å². The molecule has 0 bridgehead atoms. The fraction of sp³-hybridized carbons (Fsp3) is 0.650. The first kappa shape index (κ1) is 19.7. The van der Waals surface area contributed by atoms with Crippen molar-refractivity contribution in [1.82, 2.24) is 10.2 Å². The monoisotopic (exact) mass is 379 g/mol. The average molecular weight is 379 g/mol. The topological polar surface area (TPSA) is 54.0 Å². The Morgan fingerprint density at radius 3 is 2.67 bits per heavy atom. The summed E-state index contributed by atoms with van der Waals surface area (Å²) in [6.45, 7) is 9.81. The Kier molecular flexibility index (Phi) is 6.09. The molecular formula is C20H30FN3O3. The second-order valence-electron chi connectivity index (χ2n) is 8.13. The van der Waals surface area contributed by atoms with Gasteiger partial charge in [0.25, 0.3) is 0 Å². The molecule has 7 heteroatoms. The van der Waals surface area contributed by atoms with Crippen molar-refractivity contribution in [3.8, 4) is 5.75 Å². The molecule has 1 aromatic rings. The number of piperazine rings is 1. The van der Waals surface area contributed by atoms with Crippen LogP contribution in [0.3, 0.4) is 0 Å². The average Bonchev–Trinajstić information content (AvgIpc) is 2.61. The van der Waals surface area contributed by atoms with E-state index in [9.17, 15) is 9.18 Å². The smallest absolute Gasteiger partial charge is 0.410 e. The number of likely N-dealkylation sites (tertiary alicyclic amines) is 1. The van der Waals surface area contributed by atoms with Crippen LogP contribution in [0.25, 0.3) is 0 Å². The van der Waals surface area contributed by atoms with Crippen molar-refractivity contribution in [3.05, 3.63) is 24.0 Å². The number of amides is 1. The van der Waals surface area contributed by atoms with Gasteiger partial charge in [0.15, 0.2) is 0 Å². The summed E-state index contributed by atoms with van der Waals surface area (Å²) < 4.78 is 26.2. The number of halogens is 1. The van der Waals surface area contributed by atoms with Crippen LogP contribution >= 0.6 is 0 Å². The summed E-state index contributed by atoms with van der Waals surface area (Å²) in [6.07, 6.45) is 1.17. The lowest BCUT2D eigenvalue weighted by Gasteiger charge is -2.36. The van der Waals surface area contributed by atoms with E-state index in [1.165, 1.54) is 6.07 Å². The SMILES string of the molecule is CC(C)(C)OC(=O)N1CCCC(Oc2cccc(F)c2N2CCNCC2)C1. The second-order valence-corrected chi connectivity index (χ2v) is 8.13. The van der Waals surface area contributed by atoms with Crippen LogP contribution in [0, 0.1) is 5.82 Å². The van der Waals surface area contributed by atoms with Crippen LogP contribution in [0.5, 0.6) is 5.75 Å². The maximum atomic E-state index is 14.6. The molecule has 1 amide bonds. The standard InChI is InChI=1S/C20H30FN3O3/c1-20(2,3)27-19(25)24-11-5-6-15(14-24)26-17-8-4-7-16(21)18(17)23-12-9-22-10-13-23/h4,7-8,15,22H,5-6,9-14H2,1-3H3. The van der Waals surface area contributed by atoms with Crippen LogP contribution in [0.2, 0.25) is 0 Å². The van der Waals surface area contributed by atoms with E-state index in [4.69, 9.17) is 9.47 Å². The summed E-state index contributed by atoms with van der Waals surface area (Å²) in [5.74, 6) is 0.280. The Labute approximate surface area is 160 Å². The Balaban J connectivity index is 1.69. The summed E-state index contributed by atoms with van der Waals surface area (Å²) in [4.78, 5) is 16.1. The zero-order valence-corrected chi connectivity index (χ0v) is 16.5. The molecule has 0 radical (unpaired) electrons. The first-order valence-electron chi connectivity index (χ1n) is 9.72. The van der Waals surface area contributed by atoms with Crippen molar-refractivity contribution < 1.29 is 18.7 Å². The van der Waals surface area contributed by atoms with Gasteiger partial charge < -0.3 is 24.6 Å². The van der Waals surface area contributed by atoms with Crippen molar-refractivity contribution in [2.45, 2.75) is 45.3 Å². The molecule has 1 N–H and O–H groups in total. The van der Waals surface area contributed by atoms with E-state index < -0.39 is 5.60 Å². The van der Waals surface area contributed by atoms with Gasteiger partial charge in [0.05, 0.1) is 6.54 Å². The lowest BCUT2D eigenvalue weighted by molar-refractivity contribution is 0.00778. The first-order chi connectivity index (χ1) is 12.8. The molecule has 3 rings (SSSR count). The largest absolute Gasteiger partial charge is 0.486 e. The normalized spacial score (nSPS) is 21.1. The van der Waals surface area contributed by atoms with Gasteiger partial charge in [0.2, 0.25) is 0 Å². The highest BCUT2D eigenvalue weighted by Crippen LogP contribution is 2.33. The Morgan fingerprint density at radius 2 is 1.96 bits per heavy atom. The van der Waals surface area contributed by atoms with Crippen molar-refractivity contribution in [1.29, 1.82) is 0 Å². The number of hydrogen-bond donors (Lipinski definition) is 1. The number of ether oxygens (including phenoxy) is 2. The number of benzene rings is 1. The van der Waals surface area contributed by atoms with Crippen LogP contribution in [0.4, 0.5) is 14.9 Å². The van der Waals surface area contributed by atoms with Gasteiger partial charge in [-0.3, -0.25) is 0 Å². The van der Waals surface area contributed by atoms with Crippen LogP contribution in [0.15, 0.2) is 18.2 Å². The summed E-state index contributed by atoms with van der Waals surface area (Å²) in [7, 11) is 0. The number of hydrogen-bond acceptors (Lipinski definition) is 5. The third-order valence-electron chi connectivity index (χ3n) is 4.71. The van der Waals surface area contributed by atoms with Crippen LogP contribution in [-0.2, 0) is 4.74 Å². The summed E-state index contributed by atoms with van der Waals surface area (Å²) >= 11 is 0. The highest BCUT2D eigenvalue weighted by Gasteiger charge is 2.29. The molecule has 0 aromatic heterocycles. The molecule has 2 saturated heterocycles. The number of carbonyl (C=O) groups is 1. The zero-order valence-electron chi connectivity index (χ0n) is 16.5. The molecule has 2 heterocycles. The van der Waals surface area contributed by atoms with Gasteiger partial charge in [-0.1, -0.05) is 6.07 Å². The van der Waals surface area contributed by atoms with Gasteiger partial charge in [0.1, 0.15) is 29.0 Å². The predicted molar refractivity (Wildman–Crippen MR) is 103 cm³/mol. The summed E-state index contributed by atoms with van der Waals surface area (Å²) in [5.41, 5.74) is -0.00323. The van der Waals surface area contributed by atoms with Crippen molar-refractivity contribution in [2.24, 2.45) is 0 Å². The van der Waals surface area contributed by atoms with Crippen molar-refractivity contribution in [3.63, 3.8) is 0 Å². The molecule has 27 heavy (non-hydrogen) atoms. The van der Waals surface area contributed by atoms with Gasteiger partial charge in [0, 0.05) is 32.7 Å². The third kappa shape index (κ3) is 5.25. The lowest BCUT2D eigenvalue weighted by Crippen LogP contribution is -2.47. The lowest BCUT2D eigenvalue weighted by atomic mass is 10.1. The number of nitrogens with zero attached hydrogens (tertiary/aromatic N) is 2. The highest BCUT2D eigenvalue weighted by molar-refractivity contribution is 5.68. The second kappa shape index (κ2) is 8.33. The number of anilines is 1. The molecule has 1 atom stereocenters. The predicted octanol–water partition coefficient (Wildman–Crippen LogP) is 3.01. The van der Waals surface area contributed by atoms with Crippen LogP contribution in [-0.4, -0.2) is 62.0 Å². The van der Waals surface area contributed by atoms with E-state index in [1.807, 2.05) is 31.7 Å². The minimum absolute atomic E-state index is 0.172. The summed E-state index contributed by atoms with van der Waals surface area (Å²) in [6, 6.07) is 4.95. The van der Waals surface area contributed by atoms with E-state index in [0.717, 1.165) is 39.0 Å². The molecule has 150 valence electrons. The zero-order chi connectivity index (χ0) is 19.4. The van der Waals surface area contributed by atoms with Gasteiger partial charge in [-0.2, -0.15) is 0 Å². The maximum Gasteiger partial charge on any atom is 0.410 e. The molecule has 0 aliphatic carbocycles. The quantitative estimate of drug-likeness (QED) is 0.875. The molecule has 2 aliphatic heterocycles. The maximum absolute atomic E-state index is 14.6. The number of para-hydroxylation sites is 1.